The van der Waals surface area contributed by atoms with Crippen LogP contribution in [0.1, 0.15) is 91.1 Å². The van der Waals surface area contributed by atoms with Gasteiger partial charge in [0.15, 0.2) is 0 Å². The molecule has 0 aromatic heterocycles. The third kappa shape index (κ3) is 8.14. The van der Waals surface area contributed by atoms with Gasteiger partial charge in [0.25, 0.3) is 0 Å². The minimum Gasteiger partial charge on any atom is -0.444 e. The molecule has 2 N–H and O–H groups in total. The molecule has 1 aromatic carbocycles. The van der Waals surface area contributed by atoms with Gasteiger partial charge in [-0.1, -0.05) is 47.6 Å². The van der Waals surface area contributed by atoms with E-state index in [-0.39, 0.29) is 6.09 Å². The van der Waals surface area contributed by atoms with Crippen LogP contribution in [-0.4, -0.2) is 53.0 Å². The van der Waals surface area contributed by atoms with Crippen molar-refractivity contribution in [3.8, 4) is 0 Å². The Balaban J connectivity index is 0.000000319. The predicted molar refractivity (Wildman–Crippen MR) is 150 cm³/mol. The summed E-state index contributed by atoms with van der Waals surface area (Å²) in [6.45, 7) is 24.9. The Morgan fingerprint density at radius 1 is 1.06 bits per heavy atom. The summed E-state index contributed by atoms with van der Waals surface area (Å²) in [5, 5.41) is 0. The smallest absolute Gasteiger partial charge is 0.410 e. The van der Waals surface area contributed by atoms with Crippen LogP contribution in [-0.2, 0) is 4.74 Å². The molecule has 0 spiro atoms. The molecule has 1 aromatic rings. The summed E-state index contributed by atoms with van der Waals surface area (Å²) in [6, 6.07) is 5.46. The first-order valence-corrected chi connectivity index (χ1v) is 14.0. The Morgan fingerprint density at radius 3 is 2.14 bits per heavy atom. The topological polar surface area (TPSA) is 75.9 Å². The molecule has 2 aliphatic rings. The molecule has 0 bridgehead atoms. The first kappa shape index (κ1) is 30.5. The van der Waals surface area contributed by atoms with Gasteiger partial charge in [0.1, 0.15) is 5.60 Å². The number of aryl methyl sites for hydroxylation is 1. The Hall–Kier alpha value is -1.73. The van der Waals surface area contributed by atoms with Crippen LogP contribution in [0.25, 0.3) is 0 Å². The maximum absolute atomic E-state index is 12.1. The first-order chi connectivity index (χ1) is 16.4. The van der Waals surface area contributed by atoms with Crippen LogP contribution in [0.2, 0.25) is 0 Å². The van der Waals surface area contributed by atoms with Gasteiger partial charge in [0.05, 0.1) is 0 Å². The van der Waals surface area contributed by atoms with Gasteiger partial charge >= 0.3 is 6.09 Å². The van der Waals surface area contributed by atoms with Crippen molar-refractivity contribution >= 4 is 23.9 Å². The van der Waals surface area contributed by atoms with Crippen LogP contribution in [0.3, 0.4) is 0 Å². The number of hydrogen-bond acceptors (Lipinski definition) is 5. The van der Waals surface area contributed by atoms with E-state index in [0.29, 0.717) is 29.5 Å². The van der Waals surface area contributed by atoms with Crippen molar-refractivity contribution in [2.45, 2.75) is 92.6 Å². The number of hydrogen-bond donors (Lipinski definition) is 1. The fourth-order valence-electron chi connectivity index (χ4n) is 4.89. The van der Waals surface area contributed by atoms with Gasteiger partial charge in [-0.3, -0.25) is 4.79 Å². The molecule has 1 saturated carbocycles. The van der Waals surface area contributed by atoms with E-state index in [1.165, 1.54) is 12.8 Å². The van der Waals surface area contributed by atoms with Crippen molar-refractivity contribution in [2.24, 2.45) is 28.4 Å². The monoisotopic (exact) mass is 519 g/mol. The van der Waals surface area contributed by atoms with E-state index >= 15 is 0 Å². The molecule has 6 nitrogen and oxygen atoms in total. The number of benzene rings is 1. The number of nitrogens with zero attached hydrogens (tertiary/aromatic N) is 2. The summed E-state index contributed by atoms with van der Waals surface area (Å²) in [5.74, 6) is 1.31. The van der Waals surface area contributed by atoms with E-state index in [1.807, 2.05) is 39.8 Å². The second-order valence-electron chi connectivity index (χ2n) is 12.8. The molecule has 1 saturated heterocycles. The Labute approximate surface area is 223 Å². The van der Waals surface area contributed by atoms with Crippen LogP contribution in [0.15, 0.2) is 23.1 Å². The molecule has 7 heteroatoms. The Kier molecular flexibility index (Phi) is 9.96. The number of carbonyl (C=O) groups excluding carboxylic acids is 2. The molecule has 204 valence electrons. The summed E-state index contributed by atoms with van der Waals surface area (Å²) in [6.07, 6.45) is 2.54. The fourth-order valence-corrected chi connectivity index (χ4v) is 5.91. The summed E-state index contributed by atoms with van der Waals surface area (Å²) >= 11 is 1.60. The maximum atomic E-state index is 12.1. The number of nitrogens with two attached hydrogens (primary N) is 1. The van der Waals surface area contributed by atoms with E-state index in [0.717, 1.165) is 35.4 Å². The lowest BCUT2D eigenvalue weighted by atomic mass is 9.54. The van der Waals surface area contributed by atoms with Gasteiger partial charge in [-0.05, 0) is 92.8 Å². The third-order valence-electron chi connectivity index (χ3n) is 8.37. The largest absolute Gasteiger partial charge is 0.444 e. The summed E-state index contributed by atoms with van der Waals surface area (Å²) < 4.78 is 7.59. The molecular formula is C29H49N3O3S. The maximum Gasteiger partial charge on any atom is 0.410 e. The number of ether oxygens (including phenoxy) is 1. The van der Waals surface area contributed by atoms with Crippen molar-refractivity contribution in [2.75, 3.05) is 26.2 Å². The third-order valence-corrected chi connectivity index (χ3v) is 9.63. The lowest BCUT2D eigenvalue weighted by Gasteiger charge is -2.51. The first-order valence-electron chi connectivity index (χ1n) is 13.3. The molecule has 3 rings (SSSR count). The van der Waals surface area contributed by atoms with Crippen LogP contribution in [0.5, 0.6) is 0 Å². The zero-order valence-corrected chi connectivity index (χ0v) is 25.1. The zero-order chi connectivity index (χ0) is 27.5. The minimum absolute atomic E-state index is 0.265. The Morgan fingerprint density at radius 2 is 1.64 bits per heavy atom. The minimum atomic E-state index is -0.477. The van der Waals surface area contributed by atoms with E-state index in [2.05, 4.69) is 45.8 Å². The highest BCUT2D eigenvalue weighted by Crippen LogP contribution is 2.53. The summed E-state index contributed by atoms with van der Waals surface area (Å²) in [5.41, 5.74) is 7.56. The Bertz CT molecular complexity index is 915. The highest BCUT2D eigenvalue weighted by Gasteiger charge is 2.44. The van der Waals surface area contributed by atoms with E-state index in [1.54, 1.807) is 22.9 Å². The molecule has 1 heterocycles. The van der Waals surface area contributed by atoms with Gasteiger partial charge in [-0.25, -0.2) is 9.10 Å². The van der Waals surface area contributed by atoms with Gasteiger partial charge in [-0.15, -0.1) is 0 Å². The van der Waals surface area contributed by atoms with Crippen molar-refractivity contribution in [3.05, 3.63) is 29.3 Å². The van der Waals surface area contributed by atoms with E-state index in [9.17, 15) is 9.59 Å². The van der Waals surface area contributed by atoms with E-state index in [4.69, 9.17) is 10.5 Å². The van der Waals surface area contributed by atoms with Crippen molar-refractivity contribution < 1.29 is 14.3 Å². The van der Waals surface area contributed by atoms with Gasteiger partial charge in [0.2, 0.25) is 5.91 Å². The quantitative estimate of drug-likeness (QED) is 0.447. The van der Waals surface area contributed by atoms with Gasteiger partial charge < -0.3 is 15.4 Å². The molecular weight excluding hydrogens is 470 g/mol. The number of rotatable bonds is 3. The van der Waals surface area contributed by atoms with Crippen molar-refractivity contribution in [1.82, 2.24) is 9.21 Å². The SMILES string of the molecule is CC1CCC(C)(C)C(C)C1(C)C.Cc1ccc(C(N)=O)cc1SN1CCN(C(=O)OC(C)(C)C)CC1. The fraction of sp³-hybridized carbons (Fsp3) is 0.724. The average molecular weight is 520 g/mol. The highest BCUT2D eigenvalue weighted by atomic mass is 32.2. The molecule has 2 unspecified atom stereocenters. The molecule has 2 atom stereocenters. The van der Waals surface area contributed by atoms with Crippen LogP contribution in [0.4, 0.5) is 4.79 Å². The van der Waals surface area contributed by atoms with Crippen molar-refractivity contribution in [3.63, 3.8) is 0 Å². The molecule has 36 heavy (non-hydrogen) atoms. The van der Waals surface area contributed by atoms with E-state index < -0.39 is 11.5 Å². The lowest BCUT2D eigenvalue weighted by Crippen LogP contribution is -2.47. The average Bonchev–Trinajstić information content (AvgIpc) is 2.77. The van der Waals surface area contributed by atoms with Crippen LogP contribution >= 0.6 is 11.9 Å². The molecule has 1 aliphatic heterocycles. The normalized spacial score (nSPS) is 23.9. The molecule has 0 radical (unpaired) electrons. The zero-order valence-electron chi connectivity index (χ0n) is 24.2. The van der Waals surface area contributed by atoms with Crippen LogP contribution < -0.4 is 5.73 Å². The summed E-state index contributed by atoms with van der Waals surface area (Å²) in [4.78, 5) is 26.2. The summed E-state index contributed by atoms with van der Waals surface area (Å²) in [7, 11) is 0. The predicted octanol–water partition coefficient (Wildman–Crippen LogP) is 6.76. The number of primary amides is 1. The van der Waals surface area contributed by atoms with Crippen molar-refractivity contribution in [1.29, 1.82) is 0 Å². The second-order valence-corrected chi connectivity index (χ2v) is 13.9. The van der Waals surface area contributed by atoms with Crippen LogP contribution in [0, 0.1) is 29.6 Å². The molecule has 2 amide bonds. The molecule has 1 aliphatic carbocycles. The highest BCUT2D eigenvalue weighted by molar-refractivity contribution is 7.97. The van der Waals surface area contributed by atoms with Gasteiger partial charge in [0, 0.05) is 36.6 Å². The second kappa shape index (κ2) is 11.8. The lowest BCUT2D eigenvalue weighted by molar-refractivity contribution is -0.0164. The number of piperazine rings is 1. The standard InChI is InChI=1S/C17H25N3O3S.C12H24/c1-12-5-6-13(15(18)21)11-14(12)24-20-9-7-19(8-10-20)16(22)23-17(2,3)4;1-9-7-8-11(3,4)10(2)12(9,5)6/h5-6,11H,7-10H2,1-4H3,(H2,18,21);9-10H,7-8H2,1-6H3. The number of carbonyl (C=O) groups is 2. The van der Waals surface area contributed by atoms with Gasteiger partial charge in [-0.2, -0.15) is 0 Å². The number of amides is 2. The molecule has 2 fully saturated rings.